The second kappa shape index (κ2) is 7.12. The van der Waals surface area contributed by atoms with Gasteiger partial charge in [-0.1, -0.05) is 19.0 Å². The van der Waals surface area contributed by atoms with Gasteiger partial charge in [-0.25, -0.2) is 0 Å². The first-order chi connectivity index (χ1) is 9.36. The van der Waals surface area contributed by atoms with E-state index in [2.05, 4.69) is 10.0 Å². The van der Waals surface area contributed by atoms with Crippen molar-refractivity contribution in [3.05, 3.63) is 10.4 Å². The molecule has 0 spiro atoms. The highest BCUT2D eigenvalue weighted by molar-refractivity contribution is 5.66. The number of carbonyl (C=O) groups excluding carboxylic acids is 2. The van der Waals surface area contributed by atoms with Crippen molar-refractivity contribution >= 4 is 11.9 Å². The van der Waals surface area contributed by atoms with Crippen LogP contribution in [0.15, 0.2) is 5.11 Å². The fraction of sp³-hybridized carbons (Fsp3) is 0.833. The maximum absolute atomic E-state index is 11.1. The Kier molecular flexibility index (Phi) is 5.79. The van der Waals surface area contributed by atoms with Gasteiger partial charge in [-0.05, 0) is 17.4 Å². The number of carbonyl (C=O) groups is 2. The molecule has 0 bridgehead atoms. The monoisotopic (exact) mass is 285 g/mol. The van der Waals surface area contributed by atoms with Gasteiger partial charge in [0, 0.05) is 18.8 Å². The fourth-order valence-electron chi connectivity index (χ4n) is 2.14. The van der Waals surface area contributed by atoms with Crippen molar-refractivity contribution in [3.8, 4) is 0 Å². The normalized spacial score (nSPS) is 32.9. The highest BCUT2D eigenvalue weighted by Gasteiger charge is 2.43. The number of hydrogen-bond acceptors (Lipinski definition) is 6. The van der Waals surface area contributed by atoms with E-state index in [1.807, 2.05) is 13.8 Å². The minimum Gasteiger partial charge on any atom is -0.463 e. The van der Waals surface area contributed by atoms with E-state index in [4.69, 9.17) is 19.7 Å². The van der Waals surface area contributed by atoms with Crippen LogP contribution in [0.5, 0.6) is 0 Å². The van der Waals surface area contributed by atoms with E-state index >= 15 is 0 Å². The molecule has 0 aromatic carbocycles. The lowest BCUT2D eigenvalue weighted by molar-refractivity contribution is -0.234. The topological polar surface area (TPSA) is 111 Å². The third kappa shape index (κ3) is 4.11. The standard InChI is InChI=1S/C12H19N3O5/c1-6-7(2)11(14-15-13)12(19-9(4)17)20-10(6)5-18-8(3)16/h6-7,10-12H,5H2,1-4H3/t6-,7-,10?,11-,12?/m0/s1. The summed E-state index contributed by atoms with van der Waals surface area (Å²) in [6.45, 7) is 6.41. The summed E-state index contributed by atoms with van der Waals surface area (Å²) in [5.74, 6) is -1.03. The molecule has 5 atom stereocenters. The van der Waals surface area contributed by atoms with E-state index in [0.29, 0.717) is 0 Å². The van der Waals surface area contributed by atoms with Gasteiger partial charge in [0.1, 0.15) is 12.6 Å². The summed E-state index contributed by atoms with van der Waals surface area (Å²) < 4.78 is 15.6. The van der Waals surface area contributed by atoms with Crippen molar-refractivity contribution in [3.63, 3.8) is 0 Å². The molecule has 20 heavy (non-hydrogen) atoms. The quantitative estimate of drug-likeness (QED) is 0.338. The van der Waals surface area contributed by atoms with E-state index in [9.17, 15) is 9.59 Å². The van der Waals surface area contributed by atoms with Crippen molar-refractivity contribution in [1.82, 2.24) is 0 Å². The Morgan fingerprint density at radius 3 is 2.40 bits per heavy atom. The summed E-state index contributed by atoms with van der Waals surface area (Å²) in [4.78, 5) is 24.7. The summed E-state index contributed by atoms with van der Waals surface area (Å²) in [6.07, 6.45) is -1.38. The predicted molar refractivity (Wildman–Crippen MR) is 68.3 cm³/mol. The molecule has 0 amide bonds. The van der Waals surface area contributed by atoms with Gasteiger partial charge in [-0.3, -0.25) is 9.59 Å². The second-order valence-electron chi connectivity index (χ2n) is 4.87. The fourth-order valence-corrected chi connectivity index (χ4v) is 2.14. The maximum Gasteiger partial charge on any atom is 0.304 e. The summed E-state index contributed by atoms with van der Waals surface area (Å²) in [7, 11) is 0. The minimum absolute atomic E-state index is 0.0170. The third-order valence-electron chi connectivity index (χ3n) is 3.46. The number of nitrogens with zero attached hydrogens (tertiary/aromatic N) is 3. The molecule has 1 fully saturated rings. The molecule has 0 N–H and O–H groups in total. The van der Waals surface area contributed by atoms with E-state index < -0.39 is 30.4 Å². The van der Waals surface area contributed by atoms with Crippen molar-refractivity contribution in [1.29, 1.82) is 0 Å². The molecular formula is C12H19N3O5. The molecule has 0 aliphatic carbocycles. The van der Waals surface area contributed by atoms with Crippen LogP contribution < -0.4 is 0 Å². The Morgan fingerprint density at radius 1 is 1.25 bits per heavy atom. The van der Waals surface area contributed by atoms with Crippen LogP contribution in [-0.4, -0.2) is 37.0 Å². The van der Waals surface area contributed by atoms with Gasteiger partial charge in [0.25, 0.3) is 0 Å². The minimum atomic E-state index is -0.963. The van der Waals surface area contributed by atoms with Gasteiger partial charge in [-0.2, -0.15) is 0 Å². The van der Waals surface area contributed by atoms with Crippen molar-refractivity contribution in [2.24, 2.45) is 17.0 Å². The Morgan fingerprint density at radius 2 is 1.90 bits per heavy atom. The summed E-state index contributed by atoms with van der Waals surface area (Å²) in [5.41, 5.74) is 8.61. The van der Waals surface area contributed by atoms with Crippen LogP contribution in [-0.2, 0) is 23.8 Å². The number of azide groups is 1. The number of rotatable bonds is 4. The molecule has 0 saturated carbocycles. The molecular weight excluding hydrogens is 266 g/mol. The van der Waals surface area contributed by atoms with E-state index in [0.717, 1.165) is 0 Å². The van der Waals surface area contributed by atoms with Crippen LogP contribution in [0.25, 0.3) is 10.4 Å². The van der Waals surface area contributed by atoms with Gasteiger partial charge in [0.2, 0.25) is 6.29 Å². The summed E-state index contributed by atoms with van der Waals surface area (Å²) in [6, 6.07) is -0.604. The molecule has 1 aliphatic rings. The SMILES string of the molecule is CC(=O)OCC1OC(OC(C)=O)[C@@H](N=[N+]=[N-])[C@@H](C)[C@@H]1C. The van der Waals surface area contributed by atoms with Gasteiger partial charge >= 0.3 is 11.9 Å². The van der Waals surface area contributed by atoms with Crippen LogP contribution in [0.4, 0.5) is 0 Å². The van der Waals surface area contributed by atoms with E-state index in [-0.39, 0.29) is 18.4 Å². The first-order valence-electron chi connectivity index (χ1n) is 6.37. The molecule has 1 aliphatic heterocycles. The first-order valence-corrected chi connectivity index (χ1v) is 6.37. The Hall–Kier alpha value is -1.79. The average molecular weight is 285 g/mol. The average Bonchev–Trinajstić information content (AvgIpc) is 2.36. The van der Waals surface area contributed by atoms with E-state index in [1.165, 1.54) is 13.8 Å². The highest BCUT2D eigenvalue weighted by Crippen LogP contribution is 2.33. The molecule has 0 aromatic rings. The lowest BCUT2D eigenvalue weighted by atomic mass is 9.82. The molecule has 1 rings (SSSR count). The Bertz CT molecular complexity index is 421. The van der Waals surface area contributed by atoms with Crippen molar-refractivity contribution in [2.45, 2.75) is 46.1 Å². The molecule has 8 heteroatoms. The molecule has 1 saturated heterocycles. The first kappa shape index (κ1) is 16.3. The zero-order valence-corrected chi connectivity index (χ0v) is 12.0. The lowest BCUT2D eigenvalue weighted by Crippen LogP contribution is -2.51. The second-order valence-corrected chi connectivity index (χ2v) is 4.87. The van der Waals surface area contributed by atoms with Crippen LogP contribution in [0.3, 0.4) is 0 Å². The van der Waals surface area contributed by atoms with Gasteiger partial charge in [0.15, 0.2) is 0 Å². The summed E-state index contributed by atoms with van der Waals surface area (Å²) in [5, 5.41) is 3.65. The molecule has 0 aromatic heterocycles. The highest BCUT2D eigenvalue weighted by atomic mass is 16.7. The Labute approximate surface area is 117 Å². The van der Waals surface area contributed by atoms with Crippen molar-refractivity contribution in [2.75, 3.05) is 6.61 Å². The van der Waals surface area contributed by atoms with Crippen LogP contribution in [0.2, 0.25) is 0 Å². The molecule has 1 heterocycles. The van der Waals surface area contributed by atoms with E-state index in [1.54, 1.807) is 0 Å². The predicted octanol–water partition coefficient (Wildman–Crippen LogP) is 1.79. The van der Waals surface area contributed by atoms with Crippen LogP contribution in [0, 0.1) is 11.8 Å². The summed E-state index contributed by atoms with van der Waals surface area (Å²) >= 11 is 0. The largest absolute Gasteiger partial charge is 0.463 e. The number of hydrogen-bond donors (Lipinski definition) is 0. The van der Waals surface area contributed by atoms with Gasteiger partial charge < -0.3 is 14.2 Å². The Balaban J connectivity index is 2.85. The third-order valence-corrected chi connectivity index (χ3v) is 3.46. The number of esters is 2. The maximum atomic E-state index is 11.1. The molecule has 112 valence electrons. The van der Waals surface area contributed by atoms with Crippen molar-refractivity contribution < 1.29 is 23.8 Å². The van der Waals surface area contributed by atoms with Crippen LogP contribution >= 0.6 is 0 Å². The molecule has 2 unspecified atom stereocenters. The smallest absolute Gasteiger partial charge is 0.304 e. The zero-order valence-electron chi connectivity index (χ0n) is 12.0. The number of ether oxygens (including phenoxy) is 3. The van der Waals surface area contributed by atoms with Gasteiger partial charge in [-0.15, -0.1) is 0 Å². The lowest BCUT2D eigenvalue weighted by Gasteiger charge is -2.41. The van der Waals surface area contributed by atoms with Gasteiger partial charge in [0.05, 0.1) is 6.10 Å². The van der Waals surface area contributed by atoms with Crippen LogP contribution in [0.1, 0.15) is 27.7 Å². The molecule has 0 radical (unpaired) electrons. The molecule has 8 nitrogen and oxygen atoms in total. The zero-order chi connectivity index (χ0) is 15.3.